The van der Waals surface area contributed by atoms with Gasteiger partial charge in [-0.2, -0.15) is 0 Å². The highest BCUT2D eigenvalue weighted by Gasteiger charge is 2.11. The molecule has 0 aliphatic rings. The van der Waals surface area contributed by atoms with E-state index in [9.17, 15) is 10.1 Å². The average Bonchev–Trinajstić information content (AvgIpc) is 2.82. The summed E-state index contributed by atoms with van der Waals surface area (Å²) in [7, 11) is 0. The van der Waals surface area contributed by atoms with Crippen LogP contribution in [0, 0.1) is 10.1 Å². The van der Waals surface area contributed by atoms with E-state index in [-0.39, 0.29) is 10.6 Å². The quantitative estimate of drug-likeness (QED) is 0.635. The topological polar surface area (TPSA) is 68.3 Å². The lowest BCUT2D eigenvalue weighted by atomic mass is 10.2. The first-order chi connectivity index (χ1) is 8.27. The van der Waals surface area contributed by atoms with Gasteiger partial charge in [-0.05, 0) is 6.07 Å². The second-order valence-corrected chi connectivity index (χ2v) is 3.62. The van der Waals surface area contributed by atoms with Gasteiger partial charge in [0.25, 0.3) is 5.69 Å². The monoisotopic (exact) mass is 232 g/mol. The van der Waals surface area contributed by atoms with Gasteiger partial charge < -0.3 is 9.73 Å². The molecule has 0 bridgehead atoms. The highest BCUT2D eigenvalue weighted by atomic mass is 16.6. The summed E-state index contributed by atoms with van der Waals surface area (Å²) in [4.78, 5) is 10.4. The molecule has 0 aliphatic heterocycles. The van der Waals surface area contributed by atoms with Crippen LogP contribution in [0.5, 0.6) is 0 Å². The Morgan fingerprint density at radius 3 is 2.76 bits per heavy atom. The van der Waals surface area contributed by atoms with E-state index in [0.29, 0.717) is 18.7 Å². The SMILES string of the molecule is O=[N+]([O-])c1ccccc1CNCc1ccoc1. The summed E-state index contributed by atoms with van der Waals surface area (Å²) in [5.41, 5.74) is 1.84. The molecule has 0 unspecified atom stereocenters. The van der Waals surface area contributed by atoms with Crippen molar-refractivity contribution in [3.05, 3.63) is 64.1 Å². The Balaban J connectivity index is 1.97. The first-order valence-electron chi connectivity index (χ1n) is 5.21. The van der Waals surface area contributed by atoms with Crippen LogP contribution in [0.1, 0.15) is 11.1 Å². The molecule has 5 heteroatoms. The molecule has 1 aromatic carbocycles. The van der Waals surface area contributed by atoms with E-state index in [4.69, 9.17) is 4.42 Å². The number of nitrogens with one attached hydrogen (secondary N) is 1. The molecule has 0 spiro atoms. The summed E-state index contributed by atoms with van der Waals surface area (Å²) in [5, 5.41) is 13.9. The van der Waals surface area contributed by atoms with Crippen LogP contribution in [-0.2, 0) is 13.1 Å². The van der Waals surface area contributed by atoms with Crippen LogP contribution in [0.15, 0.2) is 47.3 Å². The summed E-state index contributed by atoms with van der Waals surface area (Å²) in [6.45, 7) is 1.09. The number of furan rings is 1. The van der Waals surface area contributed by atoms with Crippen molar-refractivity contribution >= 4 is 5.69 Å². The summed E-state index contributed by atoms with van der Waals surface area (Å²) < 4.78 is 4.93. The third-order valence-corrected chi connectivity index (χ3v) is 2.41. The van der Waals surface area contributed by atoms with E-state index in [1.54, 1.807) is 30.7 Å². The van der Waals surface area contributed by atoms with Crippen LogP contribution in [-0.4, -0.2) is 4.92 Å². The summed E-state index contributed by atoms with van der Waals surface area (Å²) in [5.74, 6) is 0. The lowest BCUT2D eigenvalue weighted by molar-refractivity contribution is -0.385. The van der Waals surface area contributed by atoms with Gasteiger partial charge in [-0.3, -0.25) is 10.1 Å². The van der Waals surface area contributed by atoms with Crippen LogP contribution in [0.3, 0.4) is 0 Å². The predicted octanol–water partition coefficient (Wildman–Crippen LogP) is 2.48. The molecule has 0 radical (unpaired) electrons. The van der Waals surface area contributed by atoms with Crippen LogP contribution in [0.25, 0.3) is 0 Å². The van der Waals surface area contributed by atoms with Crippen LogP contribution >= 0.6 is 0 Å². The molecule has 2 aromatic rings. The molecule has 0 saturated carbocycles. The Hall–Kier alpha value is -2.14. The molecular weight excluding hydrogens is 220 g/mol. The van der Waals surface area contributed by atoms with E-state index >= 15 is 0 Å². The van der Waals surface area contributed by atoms with Crippen LogP contribution in [0.4, 0.5) is 5.69 Å². The van der Waals surface area contributed by atoms with E-state index in [2.05, 4.69) is 5.32 Å². The van der Waals surface area contributed by atoms with Crippen molar-refractivity contribution in [3.8, 4) is 0 Å². The molecule has 5 nitrogen and oxygen atoms in total. The van der Waals surface area contributed by atoms with Crippen molar-refractivity contribution in [1.82, 2.24) is 5.32 Å². The Labute approximate surface area is 98.2 Å². The number of benzene rings is 1. The highest BCUT2D eigenvalue weighted by Crippen LogP contribution is 2.17. The number of nitro groups is 1. The van der Waals surface area contributed by atoms with Crippen LogP contribution in [0.2, 0.25) is 0 Å². The van der Waals surface area contributed by atoms with Crippen molar-refractivity contribution in [1.29, 1.82) is 0 Å². The second kappa shape index (κ2) is 5.27. The van der Waals surface area contributed by atoms with Crippen molar-refractivity contribution < 1.29 is 9.34 Å². The second-order valence-electron chi connectivity index (χ2n) is 3.62. The molecule has 1 heterocycles. The van der Waals surface area contributed by atoms with Gasteiger partial charge >= 0.3 is 0 Å². The first kappa shape index (κ1) is 11.3. The Bertz CT molecular complexity index is 494. The predicted molar refractivity (Wildman–Crippen MR) is 62.3 cm³/mol. The number of hydrogen-bond acceptors (Lipinski definition) is 4. The zero-order chi connectivity index (χ0) is 12.1. The largest absolute Gasteiger partial charge is 0.472 e. The van der Waals surface area contributed by atoms with E-state index in [0.717, 1.165) is 5.56 Å². The summed E-state index contributed by atoms with van der Waals surface area (Å²) in [6, 6.07) is 8.57. The smallest absolute Gasteiger partial charge is 0.273 e. The molecule has 1 aromatic heterocycles. The zero-order valence-electron chi connectivity index (χ0n) is 9.13. The van der Waals surface area contributed by atoms with Crippen molar-refractivity contribution in [2.75, 3.05) is 0 Å². The minimum atomic E-state index is -0.366. The van der Waals surface area contributed by atoms with Crippen molar-refractivity contribution in [3.63, 3.8) is 0 Å². The maximum Gasteiger partial charge on any atom is 0.273 e. The summed E-state index contributed by atoms with van der Waals surface area (Å²) in [6.07, 6.45) is 3.24. The Morgan fingerprint density at radius 2 is 2.06 bits per heavy atom. The lowest BCUT2D eigenvalue weighted by Gasteiger charge is -2.04. The Morgan fingerprint density at radius 1 is 1.24 bits per heavy atom. The fraction of sp³-hybridized carbons (Fsp3) is 0.167. The number of nitrogens with zero attached hydrogens (tertiary/aromatic N) is 1. The molecule has 17 heavy (non-hydrogen) atoms. The number of nitro benzene ring substituents is 1. The number of para-hydroxylation sites is 1. The Kier molecular flexibility index (Phi) is 3.52. The molecule has 0 atom stereocenters. The molecule has 0 fully saturated rings. The standard InChI is InChI=1S/C12H12N2O3/c15-14(16)12-4-2-1-3-11(12)8-13-7-10-5-6-17-9-10/h1-6,9,13H,7-8H2. The van der Waals surface area contributed by atoms with E-state index in [1.165, 1.54) is 6.07 Å². The third-order valence-electron chi connectivity index (χ3n) is 2.41. The maximum absolute atomic E-state index is 10.8. The van der Waals surface area contributed by atoms with E-state index in [1.807, 2.05) is 6.07 Å². The molecule has 2 rings (SSSR count). The molecule has 1 N–H and O–H groups in total. The van der Waals surface area contributed by atoms with Crippen molar-refractivity contribution in [2.24, 2.45) is 0 Å². The van der Waals surface area contributed by atoms with Gasteiger partial charge in [-0.15, -0.1) is 0 Å². The summed E-state index contributed by atoms with van der Waals surface area (Å²) >= 11 is 0. The average molecular weight is 232 g/mol. The highest BCUT2D eigenvalue weighted by molar-refractivity contribution is 5.39. The first-order valence-corrected chi connectivity index (χ1v) is 5.21. The molecular formula is C12H12N2O3. The maximum atomic E-state index is 10.8. The fourth-order valence-electron chi connectivity index (χ4n) is 1.57. The molecule has 88 valence electrons. The van der Waals surface area contributed by atoms with Gasteiger partial charge in [0.15, 0.2) is 0 Å². The normalized spacial score (nSPS) is 10.4. The molecule has 0 saturated heterocycles. The third kappa shape index (κ3) is 2.92. The van der Waals surface area contributed by atoms with Gasteiger partial charge in [0.1, 0.15) is 0 Å². The van der Waals surface area contributed by atoms with Gasteiger partial charge in [-0.1, -0.05) is 18.2 Å². The molecule has 0 aliphatic carbocycles. The minimum absolute atomic E-state index is 0.146. The number of rotatable bonds is 5. The van der Waals surface area contributed by atoms with Gasteiger partial charge in [0.2, 0.25) is 0 Å². The fourth-order valence-corrected chi connectivity index (χ4v) is 1.57. The number of hydrogen-bond donors (Lipinski definition) is 1. The van der Waals surface area contributed by atoms with Gasteiger partial charge in [0, 0.05) is 30.3 Å². The van der Waals surface area contributed by atoms with Crippen LogP contribution < -0.4 is 5.32 Å². The van der Waals surface area contributed by atoms with E-state index < -0.39 is 0 Å². The van der Waals surface area contributed by atoms with Gasteiger partial charge in [0.05, 0.1) is 17.4 Å². The van der Waals surface area contributed by atoms with Gasteiger partial charge in [-0.25, -0.2) is 0 Å². The zero-order valence-corrected chi connectivity index (χ0v) is 9.13. The molecule has 0 amide bonds. The lowest BCUT2D eigenvalue weighted by Crippen LogP contribution is -2.13. The van der Waals surface area contributed by atoms with Crippen molar-refractivity contribution in [2.45, 2.75) is 13.1 Å². The minimum Gasteiger partial charge on any atom is -0.472 e.